The SMILES string of the molecule is N[C@@H]1CCC[C@H]1OCc1ccccc1-c1ccccc1. The van der Waals surface area contributed by atoms with Gasteiger partial charge in [-0.05, 0) is 36.0 Å². The van der Waals surface area contributed by atoms with Crippen molar-refractivity contribution < 1.29 is 4.74 Å². The first-order valence-corrected chi connectivity index (χ1v) is 7.35. The fraction of sp³-hybridized carbons (Fsp3) is 0.333. The molecule has 1 aliphatic carbocycles. The molecule has 0 amide bonds. The predicted molar refractivity (Wildman–Crippen MR) is 82.3 cm³/mol. The van der Waals surface area contributed by atoms with E-state index < -0.39 is 0 Å². The lowest BCUT2D eigenvalue weighted by molar-refractivity contribution is 0.0359. The zero-order valence-electron chi connectivity index (χ0n) is 11.7. The minimum atomic E-state index is 0.207. The average Bonchev–Trinajstić information content (AvgIpc) is 2.92. The Hall–Kier alpha value is -1.64. The summed E-state index contributed by atoms with van der Waals surface area (Å²) in [5.41, 5.74) is 9.79. The van der Waals surface area contributed by atoms with Crippen molar-refractivity contribution in [3.8, 4) is 11.1 Å². The van der Waals surface area contributed by atoms with Crippen LogP contribution in [0.2, 0.25) is 0 Å². The number of ether oxygens (including phenoxy) is 1. The number of hydrogen-bond donors (Lipinski definition) is 1. The van der Waals surface area contributed by atoms with E-state index in [1.807, 2.05) is 6.07 Å². The first-order chi connectivity index (χ1) is 9.84. The van der Waals surface area contributed by atoms with Crippen LogP contribution >= 0.6 is 0 Å². The van der Waals surface area contributed by atoms with E-state index >= 15 is 0 Å². The standard InChI is InChI=1S/C18H21NO/c19-17-11-6-12-18(17)20-13-15-9-4-5-10-16(15)14-7-2-1-3-8-14/h1-5,7-10,17-18H,6,11-13,19H2/t17-,18-/m1/s1. The summed E-state index contributed by atoms with van der Waals surface area (Å²) in [6, 6.07) is 19.1. The summed E-state index contributed by atoms with van der Waals surface area (Å²) in [6.07, 6.45) is 3.59. The molecule has 0 spiro atoms. The number of nitrogens with two attached hydrogens (primary N) is 1. The summed E-state index contributed by atoms with van der Waals surface area (Å²) >= 11 is 0. The Morgan fingerprint density at radius 3 is 2.45 bits per heavy atom. The molecule has 20 heavy (non-hydrogen) atoms. The molecule has 0 saturated heterocycles. The number of hydrogen-bond acceptors (Lipinski definition) is 2. The van der Waals surface area contributed by atoms with Gasteiger partial charge < -0.3 is 10.5 Å². The first kappa shape index (κ1) is 13.3. The van der Waals surface area contributed by atoms with E-state index in [9.17, 15) is 0 Å². The Morgan fingerprint density at radius 1 is 0.950 bits per heavy atom. The third-order valence-corrected chi connectivity index (χ3v) is 4.06. The second-order valence-corrected chi connectivity index (χ2v) is 5.47. The lowest BCUT2D eigenvalue weighted by Gasteiger charge is -2.18. The van der Waals surface area contributed by atoms with E-state index in [0.29, 0.717) is 6.61 Å². The van der Waals surface area contributed by atoms with Gasteiger partial charge in [-0.15, -0.1) is 0 Å². The van der Waals surface area contributed by atoms with Crippen LogP contribution in [0.5, 0.6) is 0 Å². The highest BCUT2D eigenvalue weighted by atomic mass is 16.5. The van der Waals surface area contributed by atoms with Gasteiger partial charge in [0.1, 0.15) is 0 Å². The molecule has 104 valence electrons. The first-order valence-electron chi connectivity index (χ1n) is 7.35. The lowest BCUT2D eigenvalue weighted by atomic mass is 10.0. The van der Waals surface area contributed by atoms with Gasteiger partial charge in [-0.3, -0.25) is 0 Å². The van der Waals surface area contributed by atoms with E-state index in [0.717, 1.165) is 12.8 Å². The second kappa shape index (κ2) is 6.21. The van der Waals surface area contributed by atoms with Crippen molar-refractivity contribution in [1.29, 1.82) is 0 Å². The smallest absolute Gasteiger partial charge is 0.0730 e. The van der Waals surface area contributed by atoms with E-state index in [1.165, 1.54) is 23.1 Å². The fourth-order valence-electron chi connectivity index (χ4n) is 2.90. The third-order valence-electron chi connectivity index (χ3n) is 4.06. The van der Waals surface area contributed by atoms with Crippen molar-refractivity contribution in [3.63, 3.8) is 0 Å². The monoisotopic (exact) mass is 267 g/mol. The van der Waals surface area contributed by atoms with Crippen LogP contribution in [0.15, 0.2) is 54.6 Å². The van der Waals surface area contributed by atoms with Crippen molar-refractivity contribution in [2.75, 3.05) is 0 Å². The predicted octanol–water partition coefficient (Wildman–Crippen LogP) is 3.75. The van der Waals surface area contributed by atoms with Crippen LogP contribution in [0, 0.1) is 0 Å². The topological polar surface area (TPSA) is 35.2 Å². The van der Waals surface area contributed by atoms with Gasteiger partial charge in [-0.25, -0.2) is 0 Å². The van der Waals surface area contributed by atoms with Gasteiger partial charge >= 0.3 is 0 Å². The number of rotatable bonds is 4. The molecule has 2 aromatic rings. The van der Waals surface area contributed by atoms with Crippen molar-refractivity contribution in [2.45, 2.75) is 38.0 Å². The molecule has 2 atom stereocenters. The van der Waals surface area contributed by atoms with E-state index in [4.69, 9.17) is 10.5 Å². The minimum Gasteiger partial charge on any atom is -0.372 e. The summed E-state index contributed by atoms with van der Waals surface area (Å²) < 4.78 is 6.04. The van der Waals surface area contributed by atoms with Crippen molar-refractivity contribution in [2.24, 2.45) is 5.73 Å². The molecule has 3 rings (SSSR count). The summed E-state index contributed by atoms with van der Waals surface area (Å²) in [7, 11) is 0. The molecular formula is C18H21NO. The van der Waals surface area contributed by atoms with E-state index in [2.05, 4.69) is 48.5 Å². The van der Waals surface area contributed by atoms with Gasteiger partial charge in [0.15, 0.2) is 0 Å². The van der Waals surface area contributed by atoms with Gasteiger partial charge in [0, 0.05) is 6.04 Å². The van der Waals surface area contributed by atoms with Crippen LogP contribution in [0.4, 0.5) is 0 Å². The van der Waals surface area contributed by atoms with Crippen LogP contribution in [-0.2, 0) is 11.3 Å². The molecule has 2 heteroatoms. The Balaban J connectivity index is 1.76. The van der Waals surface area contributed by atoms with Crippen LogP contribution in [-0.4, -0.2) is 12.1 Å². The molecule has 0 radical (unpaired) electrons. The van der Waals surface area contributed by atoms with E-state index in [-0.39, 0.29) is 12.1 Å². The van der Waals surface area contributed by atoms with Crippen molar-refractivity contribution in [3.05, 3.63) is 60.2 Å². The fourth-order valence-corrected chi connectivity index (χ4v) is 2.90. The maximum atomic E-state index is 6.07. The maximum absolute atomic E-state index is 6.07. The molecule has 0 unspecified atom stereocenters. The summed E-state index contributed by atoms with van der Waals surface area (Å²) in [5.74, 6) is 0. The van der Waals surface area contributed by atoms with Crippen LogP contribution in [0.25, 0.3) is 11.1 Å². The second-order valence-electron chi connectivity index (χ2n) is 5.47. The molecule has 2 aromatic carbocycles. The molecule has 2 N–H and O–H groups in total. The largest absolute Gasteiger partial charge is 0.372 e. The molecule has 1 saturated carbocycles. The Kier molecular flexibility index (Phi) is 4.14. The molecular weight excluding hydrogens is 246 g/mol. The Morgan fingerprint density at radius 2 is 1.70 bits per heavy atom. The third kappa shape index (κ3) is 2.92. The van der Waals surface area contributed by atoms with Gasteiger partial charge in [-0.2, -0.15) is 0 Å². The van der Waals surface area contributed by atoms with Crippen LogP contribution in [0.3, 0.4) is 0 Å². The quantitative estimate of drug-likeness (QED) is 0.915. The molecule has 0 aliphatic heterocycles. The highest BCUT2D eigenvalue weighted by Crippen LogP contribution is 2.26. The van der Waals surface area contributed by atoms with Crippen molar-refractivity contribution in [1.82, 2.24) is 0 Å². The van der Waals surface area contributed by atoms with E-state index in [1.54, 1.807) is 0 Å². The highest BCUT2D eigenvalue weighted by molar-refractivity contribution is 5.67. The molecule has 1 aliphatic rings. The zero-order chi connectivity index (χ0) is 13.8. The molecule has 0 bridgehead atoms. The summed E-state index contributed by atoms with van der Waals surface area (Å²) in [4.78, 5) is 0. The highest BCUT2D eigenvalue weighted by Gasteiger charge is 2.24. The molecule has 1 fully saturated rings. The molecule has 0 aromatic heterocycles. The average molecular weight is 267 g/mol. The lowest BCUT2D eigenvalue weighted by Crippen LogP contribution is -2.31. The zero-order valence-corrected chi connectivity index (χ0v) is 11.7. The Bertz CT molecular complexity index is 552. The van der Waals surface area contributed by atoms with Crippen LogP contribution in [0.1, 0.15) is 24.8 Å². The van der Waals surface area contributed by atoms with Gasteiger partial charge in [0.05, 0.1) is 12.7 Å². The van der Waals surface area contributed by atoms with Crippen molar-refractivity contribution >= 4 is 0 Å². The molecule has 2 nitrogen and oxygen atoms in total. The van der Waals surface area contributed by atoms with Crippen LogP contribution < -0.4 is 5.73 Å². The number of benzene rings is 2. The summed E-state index contributed by atoms with van der Waals surface area (Å²) in [6.45, 7) is 0.642. The normalized spacial score (nSPS) is 22.1. The van der Waals surface area contributed by atoms with Gasteiger partial charge in [0.25, 0.3) is 0 Å². The Labute approximate surface area is 120 Å². The summed E-state index contributed by atoms with van der Waals surface area (Å²) in [5, 5.41) is 0. The van der Waals surface area contributed by atoms with Gasteiger partial charge in [0.2, 0.25) is 0 Å². The molecule has 0 heterocycles. The van der Waals surface area contributed by atoms with Gasteiger partial charge in [-0.1, -0.05) is 54.6 Å². The minimum absolute atomic E-state index is 0.207. The maximum Gasteiger partial charge on any atom is 0.0730 e.